The summed E-state index contributed by atoms with van der Waals surface area (Å²) in [6.07, 6.45) is 6.52. The van der Waals surface area contributed by atoms with E-state index in [0.29, 0.717) is 36.1 Å². The zero-order valence-electron chi connectivity index (χ0n) is 15.8. The number of nitrogens with zero attached hydrogens (tertiary/aromatic N) is 6. The monoisotopic (exact) mass is 384 g/mol. The third kappa shape index (κ3) is 3.81. The van der Waals surface area contributed by atoms with Gasteiger partial charge in [0.1, 0.15) is 5.39 Å². The molecule has 10 nitrogen and oxygen atoms in total. The van der Waals surface area contributed by atoms with Crippen LogP contribution in [0, 0.1) is 0 Å². The number of likely N-dealkylation sites (tertiary alicyclic amines) is 1. The normalized spacial score (nSPS) is 17.8. The summed E-state index contributed by atoms with van der Waals surface area (Å²) < 4.78 is 3.09. The van der Waals surface area contributed by atoms with E-state index in [1.807, 2.05) is 0 Å². The van der Waals surface area contributed by atoms with Crippen molar-refractivity contribution in [1.29, 1.82) is 0 Å². The molecule has 148 valence electrons. The van der Waals surface area contributed by atoms with Gasteiger partial charge in [-0.15, -0.1) is 0 Å². The Balaban J connectivity index is 1.42. The minimum atomic E-state index is -0.198. The number of anilines is 1. The molecule has 2 N–H and O–H groups in total. The van der Waals surface area contributed by atoms with Gasteiger partial charge in [-0.05, 0) is 25.5 Å². The standard InChI is InChI=1S/C18H24N8O2/c1-24-16-14(12-21-24)17(28)23-18(22-16)19-11-13-5-2-3-8-25(13)9-10-26-15(27)6-4-7-20-26/h4,6-7,12-13H,2-3,5,8-11H2,1H3,(H2,19,22,23,28). The van der Waals surface area contributed by atoms with Crippen molar-refractivity contribution in [2.24, 2.45) is 7.05 Å². The van der Waals surface area contributed by atoms with Crippen LogP contribution in [0.15, 0.2) is 34.1 Å². The largest absolute Gasteiger partial charge is 0.354 e. The molecule has 3 aromatic rings. The van der Waals surface area contributed by atoms with Crippen LogP contribution in [0.1, 0.15) is 19.3 Å². The lowest BCUT2D eigenvalue weighted by atomic mass is 10.0. The van der Waals surface area contributed by atoms with Gasteiger partial charge in [0.25, 0.3) is 11.1 Å². The molecule has 0 bridgehead atoms. The molecule has 1 fully saturated rings. The average molecular weight is 384 g/mol. The van der Waals surface area contributed by atoms with Crippen LogP contribution in [-0.2, 0) is 13.6 Å². The molecule has 1 aliphatic rings. The highest BCUT2D eigenvalue weighted by Gasteiger charge is 2.22. The molecule has 10 heteroatoms. The average Bonchev–Trinajstić information content (AvgIpc) is 3.08. The first-order valence-electron chi connectivity index (χ1n) is 9.54. The predicted octanol–water partition coefficient (Wildman–Crippen LogP) is 0.180. The molecular weight excluding hydrogens is 360 g/mol. The van der Waals surface area contributed by atoms with Crippen LogP contribution in [0.4, 0.5) is 5.95 Å². The molecule has 4 heterocycles. The van der Waals surface area contributed by atoms with Gasteiger partial charge >= 0.3 is 0 Å². The SMILES string of the molecule is Cn1ncc2c(=O)[nH]c(NCC3CCCCN3CCn3ncccc3=O)nc21. The highest BCUT2D eigenvalue weighted by Crippen LogP contribution is 2.17. The number of piperidine rings is 1. The number of hydrogen-bond acceptors (Lipinski definition) is 7. The number of aromatic amines is 1. The molecule has 0 amide bonds. The van der Waals surface area contributed by atoms with Gasteiger partial charge in [-0.3, -0.25) is 24.2 Å². The van der Waals surface area contributed by atoms with Gasteiger partial charge in [-0.25, -0.2) is 4.68 Å². The first-order valence-corrected chi connectivity index (χ1v) is 9.54. The van der Waals surface area contributed by atoms with Crippen molar-refractivity contribution < 1.29 is 0 Å². The first kappa shape index (κ1) is 18.4. The van der Waals surface area contributed by atoms with Crippen LogP contribution in [-0.4, -0.2) is 60.1 Å². The van der Waals surface area contributed by atoms with E-state index in [1.54, 1.807) is 24.0 Å². The summed E-state index contributed by atoms with van der Waals surface area (Å²) in [6.45, 7) is 2.97. The fourth-order valence-corrected chi connectivity index (χ4v) is 3.69. The summed E-state index contributed by atoms with van der Waals surface area (Å²) in [5.41, 5.74) is 0.275. The number of rotatable bonds is 6. The molecule has 1 unspecified atom stereocenters. The second kappa shape index (κ2) is 7.93. The summed E-state index contributed by atoms with van der Waals surface area (Å²) >= 11 is 0. The molecular formula is C18H24N8O2. The van der Waals surface area contributed by atoms with E-state index >= 15 is 0 Å². The molecule has 28 heavy (non-hydrogen) atoms. The van der Waals surface area contributed by atoms with Crippen LogP contribution in [0.2, 0.25) is 0 Å². The number of aromatic nitrogens is 6. The summed E-state index contributed by atoms with van der Waals surface area (Å²) in [5, 5.41) is 12.0. The Morgan fingerprint density at radius 1 is 1.25 bits per heavy atom. The van der Waals surface area contributed by atoms with Crippen molar-refractivity contribution in [2.45, 2.75) is 31.8 Å². The molecule has 1 atom stereocenters. The van der Waals surface area contributed by atoms with Crippen LogP contribution < -0.4 is 16.4 Å². The number of hydrogen-bond donors (Lipinski definition) is 2. The van der Waals surface area contributed by atoms with E-state index in [-0.39, 0.29) is 11.1 Å². The maximum atomic E-state index is 12.2. The molecule has 0 saturated carbocycles. The van der Waals surface area contributed by atoms with Crippen LogP contribution >= 0.6 is 0 Å². The molecule has 3 aromatic heterocycles. The van der Waals surface area contributed by atoms with E-state index in [4.69, 9.17) is 0 Å². The minimum Gasteiger partial charge on any atom is -0.354 e. The molecule has 0 aliphatic carbocycles. The topological polar surface area (TPSA) is 114 Å². The van der Waals surface area contributed by atoms with Crippen LogP contribution in [0.25, 0.3) is 11.0 Å². The van der Waals surface area contributed by atoms with Crippen molar-refractivity contribution in [2.75, 3.05) is 25.0 Å². The van der Waals surface area contributed by atoms with E-state index < -0.39 is 0 Å². The van der Waals surface area contributed by atoms with Gasteiger partial charge in [0.05, 0.1) is 12.7 Å². The highest BCUT2D eigenvalue weighted by atomic mass is 16.1. The lowest BCUT2D eigenvalue weighted by Crippen LogP contribution is -2.45. The van der Waals surface area contributed by atoms with Crippen molar-refractivity contribution in [3.63, 3.8) is 0 Å². The molecule has 1 aliphatic heterocycles. The minimum absolute atomic E-state index is 0.0829. The molecule has 4 rings (SSSR count). The van der Waals surface area contributed by atoms with Crippen molar-refractivity contribution in [3.8, 4) is 0 Å². The first-order chi connectivity index (χ1) is 13.6. The number of aryl methyl sites for hydroxylation is 1. The Labute approximate surface area is 161 Å². The van der Waals surface area contributed by atoms with Gasteiger partial charge < -0.3 is 5.32 Å². The third-order valence-corrected chi connectivity index (χ3v) is 5.24. The maximum absolute atomic E-state index is 12.2. The second-order valence-corrected chi connectivity index (χ2v) is 7.07. The molecule has 1 saturated heterocycles. The molecule has 0 radical (unpaired) electrons. The van der Waals surface area contributed by atoms with Crippen LogP contribution in [0.3, 0.4) is 0 Å². The Kier molecular flexibility index (Phi) is 5.20. The lowest BCUT2D eigenvalue weighted by molar-refractivity contribution is 0.148. The fraction of sp³-hybridized carbons (Fsp3) is 0.500. The van der Waals surface area contributed by atoms with Gasteiger partial charge in [0.2, 0.25) is 5.95 Å². The Morgan fingerprint density at radius 2 is 2.14 bits per heavy atom. The van der Waals surface area contributed by atoms with E-state index in [9.17, 15) is 9.59 Å². The number of nitrogens with one attached hydrogen (secondary N) is 2. The van der Waals surface area contributed by atoms with Crippen LogP contribution in [0.5, 0.6) is 0 Å². The van der Waals surface area contributed by atoms with Gasteiger partial charge in [-0.2, -0.15) is 15.2 Å². The summed E-state index contributed by atoms with van der Waals surface area (Å²) in [6, 6.07) is 3.48. The summed E-state index contributed by atoms with van der Waals surface area (Å²) in [5.74, 6) is 0.451. The zero-order valence-corrected chi connectivity index (χ0v) is 15.8. The number of H-pyrrole nitrogens is 1. The quantitative estimate of drug-likeness (QED) is 0.623. The summed E-state index contributed by atoms with van der Waals surface area (Å²) in [4.78, 5) is 33.7. The molecule has 0 spiro atoms. The lowest BCUT2D eigenvalue weighted by Gasteiger charge is -2.35. The second-order valence-electron chi connectivity index (χ2n) is 7.07. The zero-order chi connectivity index (χ0) is 19.5. The number of fused-ring (bicyclic) bond motifs is 1. The Hall–Kier alpha value is -3.01. The van der Waals surface area contributed by atoms with Gasteiger partial charge in [0.15, 0.2) is 5.65 Å². The van der Waals surface area contributed by atoms with E-state index in [1.165, 1.54) is 16.9 Å². The molecule has 0 aromatic carbocycles. The van der Waals surface area contributed by atoms with Gasteiger partial charge in [-0.1, -0.05) is 6.42 Å². The fourth-order valence-electron chi connectivity index (χ4n) is 3.69. The van der Waals surface area contributed by atoms with Crippen molar-refractivity contribution in [1.82, 2.24) is 34.4 Å². The van der Waals surface area contributed by atoms with Gasteiger partial charge in [0, 0.05) is 38.4 Å². The smallest absolute Gasteiger partial charge is 0.266 e. The highest BCUT2D eigenvalue weighted by molar-refractivity contribution is 5.74. The Morgan fingerprint density at radius 3 is 3.00 bits per heavy atom. The third-order valence-electron chi connectivity index (χ3n) is 5.24. The van der Waals surface area contributed by atoms with Crippen molar-refractivity contribution in [3.05, 3.63) is 45.2 Å². The predicted molar refractivity (Wildman–Crippen MR) is 105 cm³/mol. The van der Waals surface area contributed by atoms with Crippen molar-refractivity contribution >= 4 is 17.0 Å². The maximum Gasteiger partial charge on any atom is 0.266 e. The van der Waals surface area contributed by atoms with E-state index in [0.717, 1.165) is 32.4 Å². The summed E-state index contributed by atoms with van der Waals surface area (Å²) in [7, 11) is 1.76. The Bertz CT molecular complexity index is 1070. The van der Waals surface area contributed by atoms with E-state index in [2.05, 4.69) is 30.4 Å².